The zero-order chi connectivity index (χ0) is 19.9. The molecule has 1 aromatic rings. The minimum atomic E-state index is -3.54. The number of hydrogen-bond acceptors (Lipinski definition) is 4. The van der Waals surface area contributed by atoms with Gasteiger partial charge in [-0.25, -0.2) is 12.7 Å². The fourth-order valence-electron chi connectivity index (χ4n) is 6.59. The van der Waals surface area contributed by atoms with E-state index in [-0.39, 0.29) is 34.3 Å². The Morgan fingerprint density at radius 2 is 1.93 bits per heavy atom. The molecule has 2 aliphatic heterocycles. The third-order valence-electron chi connectivity index (χ3n) is 8.41. The molecule has 4 bridgehead atoms. The summed E-state index contributed by atoms with van der Waals surface area (Å²) in [5, 5.41) is 0. The van der Waals surface area contributed by atoms with Crippen LogP contribution in [0.15, 0.2) is 23.0 Å². The lowest BCUT2D eigenvalue weighted by molar-refractivity contribution is -0.128. The fraction of sp³-hybridized carbons (Fsp3) is 0.714. The highest BCUT2D eigenvalue weighted by molar-refractivity contribution is 7.89. The third kappa shape index (κ3) is 2.38. The lowest BCUT2D eigenvalue weighted by Crippen LogP contribution is -2.52. The molecule has 4 atom stereocenters. The van der Waals surface area contributed by atoms with Gasteiger partial charge < -0.3 is 4.57 Å². The minimum absolute atomic E-state index is 0.00213. The number of aromatic nitrogens is 1. The van der Waals surface area contributed by atoms with Crippen LogP contribution >= 0.6 is 0 Å². The van der Waals surface area contributed by atoms with Gasteiger partial charge in [-0.1, -0.05) is 19.9 Å². The zero-order valence-electron chi connectivity index (χ0n) is 16.6. The van der Waals surface area contributed by atoms with Crippen LogP contribution in [0.4, 0.5) is 0 Å². The molecule has 0 N–H and O–H groups in total. The van der Waals surface area contributed by atoms with Crippen molar-refractivity contribution in [3.8, 4) is 0 Å². The van der Waals surface area contributed by atoms with Crippen molar-refractivity contribution in [2.45, 2.75) is 52.0 Å². The molecule has 7 heteroatoms. The van der Waals surface area contributed by atoms with E-state index in [0.717, 1.165) is 18.5 Å². The van der Waals surface area contributed by atoms with Gasteiger partial charge in [0.1, 0.15) is 5.78 Å². The normalized spacial score (nSPS) is 36.5. The van der Waals surface area contributed by atoms with Crippen LogP contribution in [0.2, 0.25) is 0 Å². The van der Waals surface area contributed by atoms with E-state index in [0.29, 0.717) is 38.4 Å². The molecule has 5 rings (SSSR count). The van der Waals surface area contributed by atoms with Gasteiger partial charge in [0.05, 0.1) is 5.75 Å². The van der Waals surface area contributed by atoms with E-state index in [9.17, 15) is 18.0 Å². The Kier molecular flexibility index (Phi) is 3.83. The summed E-state index contributed by atoms with van der Waals surface area (Å²) >= 11 is 0. The van der Waals surface area contributed by atoms with Crippen LogP contribution in [0.3, 0.4) is 0 Å². The Labute approximate surface area is 166 Å². The lowest BCUT2D eigenvalue weighted by Gasteiger charge is -2.44. The van der Waals surface area contributed by atoms with E-state index in [1.54, 1.807) is 16.4 Å². The first-order valence-electron chi connectivity index (χ1n) is 10.3. The average molecular weight is 405 g/mol. The standard InChI is InChI=1S/C21H28N2O4S/c1-20(2)16-6-7-21(20,18(24)9-16)13-28(26,27)22-10-14-8-15(12-22)17-4-3-5-19(25)23(17)11-14/h3-5,14-16H,6-13H2,1-2H3/t14-,15-,16-,21-/m1/s1. The van der Waals surface area contributed by atoms with Crippen LogP contribution in [-0.4, -0.2) is 41.9 Å². The van der Waals surface area contributed by atoms with Gasteiger partial charge in [-0.3, -0.25) is 9.59 Å². The van der Waals surface area contributed by atoms with Gasteiger partial charge in [-0.2, -0.15) is 0 Å². The molecule has 1 saturated heterocycles. The predicted octanol–water partition coefficient (Wildman–Crippen LogP) is 1.99. The fourth-order valence-corrected chi connectivity index (χ4v) is 8.92. The van der Waals surface area contributed by atoms with E-state index >= 15 is 0 Å². The van der Waals surface area contributed by atoms with Gasteiger partial charge in [0.25, 0.3) is 5.56 Å². The molecule has 0 unspecified atom stereocenters. The summed E-state index contributed by atoms with van der Waals surface area (Å²) in [6, 6.07) is 5.28. The maximum absolute atomic E-state index is 13.5. The van der Waals surface area contributed by atoms with Crippen LogP contribution in [-0.2, 0) is 21.4 Å². The quantitative estimate of drug-likeness (QED) is 0.772. The molecule has 28 heavy (non-hydrogen) atoms. The van der Waals surface area contributed by atoms with Gasteiger partial charge in [0, 0.05) is 49.1 Å². The number of sulfonamides is 1. The van der Waals surface area contributed by atoms with E-state index in [4.69, 9.17) is 0 Å². The monoisotopic (exact) mass is 404 g/mol. The van der Waals surface area contributed by atoms with Gasteiger partial charge in [-0.15, -0.1) is 0 Å². The maximum Gasteiger partial charge on any atom is 0.250 e. The number of nitrogens with zero attached hydrogens (tertiary/aromatic N) is 2. The van der Waals surface area contributed by atoms with Gasteiger partial charge in [-0.05, 0) is 42.6 Å². The van der Waals surface area contributed by atoms with Crippen molar-refractivity contribution in [1.82, 2.24) is 8.87 Å². The molecule has 1 aromatic heterocycles. The van der Waals surface area contributed by atoms with E-state index in [2.05, 4.69) is 13.8 Å². The zero-order valence-corrected chi connectivity index (χ0v) is 17.4. The number of hydrogen-bond donors (Lipinski definition) is 0. The number of carbonyl (C=O) groups is 1. The second-order valence-corrected chi connectivity index (χ2v) is 11.9. The highest BCUT2D eigenvalue weighted by Gasteiger charge is 2.65. The first kappa shape index (κ1) is 18.6. The number of carbonyl (C=O) groups excluding carboxylic acids is 1. The summed E-state index contributed by atoms with van der Waals surface area (Å²) in [7, 11) is -3.54. The van der Waals surface area contributed by atoms with E-state index in [1.165, 1.54) is 0 Å². The number of fused-ring (bicyclic) bond motifs is 6. The molecular formula is C21H28N2O4S. The molecule has 3 fully saturated rings. The molecule has 6 nitrogen and oxygen atoms in total. The number of Topliss-reactive ketones (excluding diaryl/α,β-unsaturated/α-hetero) is 1. The van der Waals surface area contributed by atoms with Crippen LogP contribution in [0.25, 0.3) is 0 Å². The maximum atomic E-state index is 13.5. The van der Waals surface area contributed by atoms with Crippen LogP contribution < -0.4 is 5.56 Å². The summed E-state index contributed by atoms with van der Waals surface area (Å²) in [6.07, 6.45) is 3.11. The summed E-state index contributed by atoms with van der Waals surface area (Å²) in [4.78, 5) is 25.0. The molecule has 0 aromatic carbocycles. The van der Waals surface area contributed by atoms with Crippen molar-refractivity contribution in [1.29, 1.82) is 0 Å². The Bertz CT molecular complexity index is 1010. The summed E-state index contributed by atoms with van der Waals surface area (Å²) in [6.45, 7) is 5.61. The number of rotatable bonds is 3. The van der Waals surface area contributed by atoms with E-state index < -0.39 is 15.4 Å². The topological polar surface area (TPSA) is 76.5 Å². The van der Waals surface area contributed by atoms with Crippen LogP contribution in [0.5, 0.6) is 0 Å². The summed E-state index contributed by atoms with van der Waals surface area (Å²) in [5.74, 6) is 0.615. The van der Waals surface area contributed by atoms with Crippen molar-refractivity contribution >= 4 is 15.8 Å². The van der Waals surface area contributed by atoms with E-state index in [1.807, 2.05) is 10.6 Å². The average Bonchev–Trinajstić information content (AvgIpc) is 2.96. The van der Waals surface area contributed by atoms with Crippen molar-refractivity contribution in [3.05, 3.63) is 34.2 Å². The Balaban J connectivity index is 1.45. The SMILES string of the molecule is CC1(C)[C@@H]2CC[C@@]1(CS(=O)(=O)N1C[C@H]3C[C@H](C1)c1cccc(=O)n1C3)C(=O)C2. The first-order chi connectivity index (χ1) is 13.1. The highest BCUT2D eigenvalue weighted by atomic mass is 32.2. The van der Waals surface area contributed by atoms with Crippen molar-refractivity contribution in [2.24, 2.45) is 22.7 Å². The van der Waals surface area contributed by atoms with Gasteiger partial charge in [0.15, 0.2) is 0 Å². The Hall–Kier alpha value is -1.47. The van der Waals surface area contributed by atoms with Gasteiger partial charge in [0.2, 0.25) is 10.0 Å². The Morgan fingerprint density at radius 1 is 1.14 bits per heavy atom. The summed E-state index contributed by atoms with van der Waals surface area (Å²) < 4.78 is 30.4. The van der Waals surface area contributed by atoms with Crippen LogP contribution in [0, 0.1) is 22.7 Å². The lowest BCUT2D eigenvalue weighted by atomic mass is 9.70. The number of piperidine rings is 1. The highest BCUT2D eigenvalue weighted by Crippen LogP contribution is 2.64. The Morgan fingerprint density at radius 3 is 2.61 bits per heavy atom. The molecular weight excluding hydrogens is 376 g/mol. The smallest absolute Gasteiger partial charge is 0.250 e. The number of pyridine rings is 1. The molecule has 0 radical (unpaired) electrons. The number of ketones is 1. The van der Waals surface area contributed by atoms with Crippen molar-refractivity contribution in [3.63, 3.8) is 0 Å². The van der Waals surface area contributed by atoms with Crippen LogP contribution in [0.1, 0.15) is 51.1 Å². The second-order valence-electron chi connectivity index (χ2n) is 9.94. The third-order valence-corrected chi connectivity index (χ3v) is 10.4. The molecule has 2 aliphatic carbocycles. The molecule has 0 amide bonds. The van der Waals surface area contributed by atoms with Gasteiger partial charge >= 0.3 is 0 Å². The molecule has 0 spiro atoms. The first-order valence-corrected chi connectivity index (χ1v) is 12.0. The molecule has 4 aliphatic rings. The van der Waals surface area contributed by atoms with Crippen molar-refractivity contribution < 1.29 is 13.2 Å². The van der Waals surface area contributed by atoms with Crippen molar-refractivity contribution in [2.75, 3.05) is 18.8 Å². The molecule has 3 heterocycles. The second kappa shape index (κ2) is 5.79. The largest absolute Gasteiger partial charge is 0.312 e. The summed E-state index contributed by atoms with van der Waals surface area (Å²) in [5.41, 5.74) is -0.0293. The predicted molar refractivity (Wildman–Crippen MR) is 105 cm³/mol. The minimum Gasteiger partial charge on any atom is -0.312 e. The molecule has 152 valence electrons. The molecule has 2 saturated carbocycles.